The Balaban J connectivity index is 1.47. The molecule has 1 amide bonds. The van der Waals surface area contributed by atoms with E-state index in [9.17, 15) is 14.3 Å². The summed E-state index contributed by atoms with van der Waals surface area (Å²) in [6.07, 6.45) is 5.57. The minimum Gasteiger partial charge on any atom is -0.388 e. The Morgan fingerprint density at radius 1 is 1.29 bits per heavy atom. The average Bonchev–Trinajstić information content (AvgIpc) is 3.65. The summed E-state index contributed by atoms with van der Waals surface area (Å²) in [5, 5.41) is 21.2. The van der Waals surface area contributed by atoms with Crippen LogP contribution in [0, 0.1) is 0 Å². The van der Waals surface area contributed by atoms with Crippen molar-refractivity contribution in [3.8, 4) is 11.3 Å². The van der Waals surface area contributed by atoms with Crippen LogP contribution in [0.4, 0.5) is 10.2 Å². The second kappa shape index (κ2) is 8.58. The fourth-order valence-electron chi connectivity index (χ4n) is 5.11. The van der Waals surface area contributed by atoms with E-state index in [1.165, 1.54) is 6.20 Å². The summed E-state index contributed by atoms with van der Waals surface area (Å²) >= 11 is 0. The van der Waals surface area contributed by atoms with Gasteiger partial charge in [-0.3, -0.25) is 4.79 Å². The Bertz CT molecular complexity index is 1420. The molecule has 0 bridgehead atoms. The molecule has 1 saturated carbocycles. The molecule has 6 rings (SSSR count). The van der Waals surface area contributed by atoms with Crippen LogP contribution in [0.2, 0.25) is 0 Å². The summed E-state index contributed by atoms with van der Waals surface area (Å²) in [5.41, 5.74) is 2.78. The first kappa shape index (κ1) is 21.9. The number of amides is 1. The topological polar surface area (TPSA) is 119 Å². The third-order valence-corrected chi connectivity index (χ3v) is 6.96. The van der Waals surface area contributed by atoms with Gasteiger partial charge in [0.05, 0.1) is 43.3 Å². The van der Waals surface area contributed by atoms with Crippen molar-refractivity contribution in [3.63, 3.8) is 0 Å². The number of aliphatic hydroxyl groups excluding tert-OH is 1. The summed E-state index contributed by atoms with van der Waals surface area (Å²) in [5.74, 6) is 0.249. The van der Waals surface area contributed by atoms with E-state index in [0.29, 0.717) is 29.2 Å². The van der Waals surface area contributed by atoms with Gasteiger partial charge in [-0.2, -0.15) is 9.61 Å². The van der Waals surface area contributed by atoms with Gasteiger partial charge in [0.15, 0.2) is 5.65 Å². The third-order valence-electron chi connectivity index (χ3n) is 6.96. The van der Waals surface area contributed by atoms with Crippen LogP contribution in [0.1, 0.15) is 35.7 Å². The number of nitrogens with zero attached hydrogens (tertiary/aromatic N) is 5. The number of aromatic nitrogens is 5. The fraction of sp³-hybridized carbons (Fsp3) is 0.417. The molecule has 4 atom stereocenters. The molecule has 0 spiro atoms. The second-order valence-corrected chi connectivity index (χ2v) is 9.09. The van der Waals surface area contributed by atoms with E-state index in [2.05, 4.69) is 20.7 Å². The van der Waals surface area contributed by atoms with E-state index < -0.39 is 24.2 Å². The second-order valence-electron chi connectivity index (χ2n) is 9.09. The van der Waals surface area contributed by atoms with Gasteiger partial charge in [-0.25, -0.2) is 14.4 Å². The minimum absolute atomic E-state index is 0.185. The molecule has 1 aliphatic carbocycles. The van der Waals surface area contributed by atoms with Crippen LogP contribution in [0.25, 0.3) is 27.9 Å². The lowest BCUT2D eigenvalue weighted by molar-refractivity contribution is 0.0888. The molecular weight excluding hydrogens is 453 g/mol. The van der Waals surface area contributed by atoms with Gasteiger partial charge < -0.3 is 25.0 Å². The number of halogens is 1. The van der Waals surface area contributed by atoms with Crippen molar-refractivity contribution in [2.45, 2.75) is 43.6 Å². The Labute approximate surface area is 200 Å². The molecule has 35 heavy (non-hydrogen) atoms. The summed E-state index contributed by atoms with van der Waals surface area (Å²) in [7, 11) is 1.77. The van der Waals surface area contributed by atoms with Gasteiger partial charge in [0.25, 0.3) is 5.91 Å². The van der Waals surface area contributed by atoms with Crippen molar-refractivity contribution in [1.29, 1.82) is 0 Å². The monoisotopic (exact) mass is 479 g/mol. The molecule has 1 saturated heterocycles. The Morgan fingerprint density at radius 3 is 2.91 bits per heavy atom. The van der Waals surface area contributed by atoms with E-state index in [-0.39, 0.29) is 24.8 Å². The molecule has 2 aliphatic rings. The highest BCUT2D eigenvalue weighted by atomic mass is 19.1. The van der Waals surface area contributed by atoms with Gasteiger partial charge in [-0.05, 0) is 31.4 Å². The molecule has 1 aliphatic heterocycles. The first-order chi connectivity index (χ1) is 17.0. The van der Waals surface area contributed by atoms with Gasteiger partial charge in [0.2, 0.25) is 0 Å². The maximum Gasteiger partial charge on any atom is 0.257 e. The van der Waals surface area contributed by atoms with Crippen LogP contribution < -0.4 is 10.6 Å². The number of aliphatic hydroxyl groups is 1. The van der Waals surface area contributed by atoms with Crippen LogP contribution in [-0.4, -0.2) is 73.7 Å². The molecule has 0 radical (unpaired) electrons. The van der Waals surface area contributed by atoms with Crippen molar-refractivity contribution >= 4 is 28.4 Å². The third kappa shape index (κ3) is 3.62. The normalized spacial score (nSPS) is 24.4. The Morgan fingerprint density at radius 2 is 2.17 bits per heavy atom. The van der Waals surface area contributed by atoms with Gasteiger partial charge in [0.1, 0.15) is 23.2 Å². The van der Waals surface area contributed by atoms with Crippen molar-refractivity contribution in [1.82, 2.24) is 29.5 Å². The van der Waals surface area contributed by atoms with E-state index in [1.54, 1.807) is 17.8 Å². The maximum atomic E-state index is 14.7. The van der Waals surface area contributed by atoms with E-state index in [0.717, 1.165) is 23.8 Å². The maximum absolute atomic E-state index is 14.7. The minimum atomic E-state index is -0.913. The number of anilines is 1. The highest BCUT2D eigenvalue weighted by Crippen LogP contribution is 2.38. The predicted molar refractivity (Wildman–Crippen MR) is 127 cm³/mol. The zero-order valence-corrected chi connectivity index (χ0v) is 19.2. The van der Waals surface area contributed by atoms with E-state index >= 15 is 0 Å². The van der Waals surface area contributed by atoms with Gasteiger partial charge in [-0.1, -0.05) is 0 Å². The average molecular weight is 480 g/mol. The quantitative estimate of drug-likeness (QED) is 0.402. The summed E-state index contributed by atoms with van der Waals surface area (Å²) in [6, 6.07) is 4.90. The molecule has 4 aromatic rings. The number of hydrogen-bond donors (Lipinski definition) is 3. The van der Waals surface area contributed by atoms with Crippen LogP contribution in [0.15, 0.2) is 36.8 Å². The van der Waals surface area contributed by atoms with Gasteiger partial charge >= 0.3 is 0 Å². The molecule has 182 valence electrons. The predicted octanol–water partition coefficient (Wildman–Crippen LogP) is 2.34. The van der Waals surface area contributed by atoms with Crippen LogP contribution in [0.3, 0.4) is 0 Å². The number of ether oxygens (including phenoxy) is 1. The Hall–Kier alpha value is -3.57. The zero-order valence-electron chi connectivity index (χ0n) is 19.2. The lowest BCUT2D eigenvalue weighted by Gasteiger charge is -2.15. The van der Waals surface area contributed by atoms with Gasteiger partial charge in [0, 0.05) is 36.5 Å². The number of nitrogens with one attached hydrogen (secondary N) is 2. The van der Waals surface area contributed by atoms with Crippen LogP contribution in [-0.2, 0) is 4.74 Å². The molecule has 2 unspecified atom stereocenters. The molecule has 2 fully saturated rings. The number of carbonyl (C=O) groups is 1. The smallest absolute Gasteiger partial charge is 0.257 e. The van der Waals surface area contributed by atoms with E-state index in [4.69, 9.17) is 9.72 Å². The summed E-state index contributed by atoms with van der Waals surface area (Å²) < 4.78 is 23.4. The molecular formula is C24H26FN7O3. The zero-order chi connectivity index (χ0) is 24.1. The van der Waals surface area contributed by atoms with Crippen molar-refractivity contribution in [2.24, 2.45) is 0 Å². The highest BCUT2D eigenvalue weighted by molar-refractivity contribution is 6.01. The highest BCUT2D eigenvalue weighted by Gasteiger charge is 2.31. The SMILES string of the molecule is CNc1cc(-c2cn(C3CCCC3F)c3ncccc23)nc2c(C(=O)N[C@H]3COC[C@H]3O)cnn12. The number of pyridine rings is 1. The Kier molecular flexibility index (Phi) is 5.37. The number of carbonyl (C=O) groups excluding carboxylic acids is 1. The van der Waals surface area contributed by atoms with Crippen molar-refractivity contribution < 1.29 is 19.0 Å². The lowest BCUT2D eigenvalue weighted by Crippen LogP contribution is -2.42. The first-order valence-corrected chi connectivity index (χ1v) is 11.8. The van der Waals surface area contributed by atoms with Crippen molar-refractivity contribution in [3.05, 3.63) is 42.4 Å². The number of fused-ring (bicyclic) bond motifs is 2. The summed E-state index contributed by atoms with van der Waals surface area (Å²) in [6.45, 7) is 0.431. The van der Waals surface area contributed by atoms with Gasteiger partial charge in [-0.15, -0.1) is 0 Å². The molecule has 3 N–H and O–H groups in total. The lowest BCUT2D eigenvalue weighted by atomic mass is 10.1. The molecule has 0 aromatic carbocycles. The van der Waals surface area contributed by atoms with Crippen LogP contribution >= 0.6 is 0 Å². The molecule has 10 nitrogen and oxygen atoms in total. The van der Waals surface area contributed by atoms with Crippen molar-refractivity contribution in [2.75, 3.05) is 25.6 Å². The van der Waals surface area contributed by atoms with Crippen LogP contribution in [0.5, 0.6) is 0 Å². The number of alkyl halides is 1. The summed E-state index contributed by atoms with van der Waals surface area (Å²) in [4.78, 5) is 22.4. The fourth-order valence-corrected chi connectivity index (χ4v) is 5.11. The molecule has 5 heterocycles. The standard InChI is InChI=1S/C24H26FN7O3/c1-26-21-8-17(15-10-31(19-6-2-5-16(19)25)22-13(15)4-3-7-27-22)29-23-14(9-28-32(21)23)24(34)30-18-11-35-12-20(18)33/h3-4,7-10,16,18-20,26,33H,2,5-6,11-12H2,1H3,(H,30,34)/t16?,18-,19?,20+/m0/s1. The number of hydrogen-bond acceptors (Lipinski definition) is 7. The molecule has 11 heteroatoms. The largest absolute Gasteiger partial charge is 0.388 e. The number of rotatable bonds is 5. The first-order valence-electron chi connectivity index (χ1n) is 11.8. The van der Waals surface area contributed by atoms with E-state index in [1.807, 2.05) is 29.0 Å². The molecule has 4 aromatic heterocycles.